The third-order valence-electron chi connectivity index (χ3n) is 7.70. The molecule has 1 aliphatic heterocycles. The molecule has 1 aromatic heterocycles. The van der Waals surface area contributed by atoms with E-state index in [-0.39, 0.29) is 18.0 Å². The molecule has 11 nitrogen and oxygen atoms in total. The Bertz CT molecular complexity index is 1220. The Labute approximate surface area is 233 Å². The van der Waals surface area contributed by atoms with Gasteiger partial charge >= 0.3 is 0 Å². The Kier molecular flexibility index (Phi) is 9.24. The number of carbonyl (C=O) groups excluding carboxylic acids is 4. The lowest BCUT2D eigenvalue weighted by atomic mass is 9.90. The Morgan fingerprint density at radius 3 is 2.27 bits per heavy atom. The average Bonchev–Trinajstić information content (AvgIpc) is 3.28. The maximum Gasteiger partial charge on any atom is 0.290 e. The van der Waals surface area contributed by atoms with Crippen LogP contribution in [-0.2, 0) is 25.5 Å². The van der Waals surface area contributed by atoms with Crippen molar-refractivity contribution in [3.05, 3.63) is 47.3 Å². The van der Waals surface area contributed by atoms with Crippen LogP contribution < -0.4 is 20.7 Å². The topological polar surface area (TPSA) is 152 Å². The molecule has 0 bridgehead atoms. The summed E-state index contributed by atoms with van der Waals surface area (Å²) < 4.78 is 15.6. The van der Waals surface area contributed by atoms with E-state index in [9.17, 15) is 19.2 Å². The van der Waals surface area contributed by atoms with E-state index in [2.05, 4.69) is 21.1 Å². The quantitative estimate of drug-likeness (QED) is 0.319. The van der Waals surface area contributed by atoms with Gasteiger partial charge in [-0.2, -0.15) is 0 Å². The summed E-state index contributed by atoms with van der Waals surface area (Å²) >= 11 is 0. The highest BCUT2D eigenvalue weighted by molar-refractivity contribution is 5.99. The third-order valence-corrected chi connectivity index (χ3v) is 7.70. The number of methoxy groups -OCH3 is 1. The van der Waals surface area contributed by atoms with Gasteiger partial charge < -0.3 is 29.9 Å². The van der Waals surface area contributed by atoms with Crippen molar-refractivity contribution in [3.63, 3.8) is 0 Å². The van der Waals surface area contributed by atoms with E-state index in [4.69, 9.17) is 14.0 Å². The Morgan fingerprint density at radius 2 is 1.70 bits per heavy atom. The number of nitrogens with zero attached hydrogens (tertiary/aromatic N) is 1. The largest absolute Gasteiger partial charge is 0.497 e. The van der Waals surface area contributed by atoms with Crippen LogP contribution in [0.2, 0.25) is 0 Å². The number of benzene rings is 1. The first-order chi connectivity index (χ1) is 19.1. The first kappa shape index (κ1) is 29.3. The van der Waals surface area contributed by atoms with E-state index in [1.807, 2.05) is 12.1 Å². The van der Waals surface area contributed by atoms with E-state index in [1.54, 1.807) is 33.1 Å². The normalized spacial score (nSPS) is 20.7. The number of nitrogens with one attached hydrogen (secondary N) is 3. The second-order valence-electron chi connectivity index (χ2n) is 11.0. The molecule has 40 heavy (non-hydrogen) atoms. The van der Waals surface area contributed by atoms with E-state index < -0.39 is 41.4 Å². The van der Waals surface area contributed by atoms with E-state index in [0.29, 0.717) is 30.3 Å². The smallest absolute Gasteiger partial charge is 0.290 e. The molecular weight excluding hydrogens is 516 g/mol. The summed E-state index contributed by atoms with van der Waals surface area (Å²) in [7, 11) is 1.56. The van der Waals surface area contributed by atoms with E-state index in [1.165, 1.54) is 13.1 Å². The fourth-order valence-corrected chi connectivity index (χ4v) is 5.04. The highest BCUT2D eigenvalue weighted by Crippen LogP contribution is 2.33. The van der Waals surface area contributed by atoms with Crippen molar-refractivity contribution < 1.29 is 33.2 Å². The predicted molar refractivity (Wildman–Crippen MR) is 145 cm³/mol. The number of ether oxygens (including phenoxy) is 2. The predicted octanol–water partition coefficient (Wildman–Crippen LogP) is 2.26. The van der Waals surface area contributed by atoms with Crippen LogP contribution in [0.3, 0.4) is 0 Å². The maximum atomic E-state index is 13.7. The maximum absolute atomic E-state index is 13.7. The van der Waals surface area contributed by atoms with E-state index >= 15 is 0 Å². The minimum atomic E-state index is -1.00. The minimum Gasteiger partial charge on any atom is -0.497 e. The first-order valence-electron chi connectivity index (χ1n) is 13.7. The summed E-state index contributed by atoms with van der Waals surface area (Å²) in [4.78, 5) is 52.6. The molecule has 2 fully saturated rings. The fraction of sp³-hybridized carbons (Fsp3) is 0.552. The molecule has 1 aliphatic carbocycles. The van der Waals surface area contributed by atoms with Crippen LogP contribution >= 0.6 is 0 Å². The number of amides is 3. The van der Waals surface area contributed by atoms with Crippen molar-refractivity contribution in [1.82, 2.24) is 21.1 Å². The summed E-state index contributed by atoms with van der Waals surface area (Å²) in [5.74, 6) is -0.756. The fourth-order valence-electron chi connectivity index (χ4n) is 5.04. The zero-order chi connectivity index (χ0) is 28.9. The van der Waals surface area contributed by atoms with Crippen molar-refractivity contribution in [2.75, 3.05) is 13.7 Å². The molecule has 1 saturated heterocycles. The van der Waals surface area contributed by atoms with Crippen molar-refractivity contribution in [3.8, 4) is 5.75 Å². The van der Waals surface area contributed by atoms with Crippen LogP contribution in [0.1, 0.15) is 67.6 Å². The number of ketones is 1. The molecule has 2 heterocycles. The monoisotopic (exact) mass is 554 g/mol. The summed E-state index contributed by atoms with van der Waals surface area (Å²) in [6, 6.07) is 4.47. The number of Topliss-reactive ketones (excluding diaryl/α,β-unsaturated/α-hetero) is 1. The van der Waals surface area contributed by atoms with Crippen LogP contribution in [0.5, 0.6) is 5.75 Å². The summed E-state index contributed by atoms with van der Waals surface area (Å²) in [6.07, 6.45) is 6.38. The van der Waals surface area contributed by atoms with E-state index in [0.717, 1.165) is 31.2 Å². The van der Waals surface area contributed by atoms with Gasteiger partial charge in [-0.1, -0.05) is 43.0 Å². The zero-order valence-corrected chi connectivity index (χ0v) is 23.5. The van der Waals surface area contributed by atoms with Gasteiger partial charge in [-0.05, 0) is 50.8 Å². The molecule has 0 radical (unpaired) electrons. The highest BCUT2D eigenvalue weighted by atomic mass is 16.6. The van der Waals surface area contributed by atoms with Crippen LogP contribution in [0, 0.1) is 12.8 Å². The average molecular weight is 555 g/mol. The molecule has 4 rings (SSSR count). The lowest BCUT2D eigenvalue weighted by molar-refractivity contribution is -0.133. The van der Waals surface area contributed by atoms with Gasteiger partial charge in [0, 0.05) is 12.0 Å². The zero-order valence-electron chi connectivity index (χ0n) is 23.5. The standard InChI is InChI=1S/C29H38N4O7/c1-17-15-30-40-24(17)28(37)31-18(2)26(35)33-23(14-20-9-11-21(38-4)12-10-20)27(36)32-22(13-19-7-5-6-8-19)25(34)29(3)16-39-29/h9-12,15,18-19,22-23H,5-8,13-14,16H2,1-4H3,(H,31,37)(H,32,36)(H,33,35)/t18-,22+,23+,29+/m1/s1. The number of hydrogen-bond acceptors (Lipinski definition) is 8. The Balaban J connectivity index is 1.49. The van der Waals surface area contributed by atoms with Crippen molar-refractivity contribution in [2.45, 2.75) is 83.0 Å². The number of rotatable bonds is 13. The van der Waals surface area contributed by atoms with Crippen LogP contribution in [0.25, 0.3) is 0 Å². The van der Waals surface area contributed by atoms with Gasteiger partial charge in [-0.25, -0.2) is 0 Å². The van der Waals surface area contributed by atoms with Gasteiger partial charge in [0.25, 0.3) is 5.91 Å². The Hall–Kier alpha value is -3.73. The summed E-state index contributed by atoms with van der Waals surface area (Å²) in [5, 5.41) is 11.9. The second kappa shape index (κ2) is 12.6. The van der Waals surface area contributed by atoms with Gasteiger partial charge in [0.15, 0.2) is 5.78 Å². The molecule has 216 valence electrons. The van der Waals surface area contributed by atoms with Crippen molar-refractivity contribution in [2.24, 2.45) is 5.92 Å². The van der Waals surface area contributed by atoms with Gasteiger partial charge in [-0.15, -0.1) is 0 Å². The van der Waals surface area contributed by atoms with Gasteiger partial charge in [0.2, 0.25) is 17.6 Å². The molecule has 3 amide bonds. The molecule has 3 N–H and O–H groups in total. The second-order valence-corrected chi connectivity index (χ2v) is 11.0. The van der Waals surface area contributed by atoms with Crippen LogP contribution in [0.4, 0.5) is 0 Å². The van der Waals surface area contributed by atoms with Gasteiger partial charge in [0.1, 0.15) is 23.4 Å². The Morgan fingerprint density at radius 1 is 1.05 bits per heavy atom. The molecule has 0 spiro atoms. The molecule has 4 atom stereocenters. The molecule has 0 unspecified atom stereocenters. The number of aryl methyl sites for hydroxylation is 1. The molecule has 1 saturated carbocycles. The lowest BCUT2D eigenvalue weighted by Crippen LogP contribution is -2.57. The SMILES string of the molecule is COc1ccc(C[C@H](NC(=O)[C@@H](C)NC(=O)c2oncc2C)C(=O)N[C@@H](CC2CCCC2)C(=O)[C@]2(C)CO2)cc1. The lowest BCUT2D eigenvalue weighted by Gasteiger charge is -2.26. The third kappa shape index (κ3) is 7.26. The highest BCUT2D eigenvalue weighted by Gasteiger charge is 2.50. The first-order valence-corrected chi connectivity index (χ1v) is 13.7. The van der Waals surface area contributed by atoms with Gasteiger partial charge in [-0.3, -0.25) is 19.2 Å². The van der Waals surface area contributed by atoms with Crippen LogP contribution in [-0.4, -0.2) is 66.1 Å². The number of carbonyl (C=O) groups is 4. The van der Waals surface area contributed by atoms with Gasteiger partial charge in [0.05, 0.1) is 26.0 Å². The molecule has 11 heteroatoms. The molecule has 1 aromatic carbocycles. The minimum absolute atomic E-state index is 0.0104. The number of aromatic nitrogens is 1. The molecular formula is C29H38N4O7. The number of epoxide rings is 1. The summed E-state index contributed by atoms with van der Waals surface area (Å²) in [5.41, 5.74) is 0.433. The van der Waals surface area contributed by atoms with Crippen molar-refractivity contribution in [1.29, 1.82) is 0 Å². The van der Waals surface area contributed by atoms with Crippen LogP contribution in [0.15, 0.2) is 35.0 Å². The molecule has 2 aliphatic rings. The summed E-state index contributed by atoms with van der Waals surface area (Å²) in [6.45, 7) is 5.25. The molecule has 2 aromatic rings. The van der Waals surface area contributed by atoms with Crippen molar-refractivity contribution >= 4 is 23.5 Å². The number of hydrogen-bond donors (Lipinski definition) is 3.